The van der Waals surface area contributed by atoms with Gasteiger partial charge in [-0.2, -0.15) is 0 Å². The molecular formula is C24H25N3O4. The van der Waals surface area contributed by atoms with Gasteiger partial charge in [0.25, 0.3) is 5.91 Å². The molecule has 0 aromatic heterocycles. The zero-order valence-electron chi connectivity index (χ0n) is 17.7. The van der Waals surface area contributed by atoms with Crippen molar-refractivity contribution in [2.45, 2.75) is 6.92 Å². The van der Waals surface area contributed by atoms with Gasteiger partial charge in [0.2, 0.25) is 5.91 Å². The van der Waals surface area contributed by atoms with Crippen molar-refractivity contribution in [2.24, 2.45) is 0 Å². The maximum atomic E-state index is 12.4. The van der Waals surface area contributed by atoms with Gasteiger partial charge in [0, 0.05) is 40.8 Å². The van der Waals surface area contributed by atoms with Gasteiger partial charge < -0.3 is 25.4 Å². The quantitative estimate of drug-likeness (QED) is 0.506. The number of benzene rings is 3. The lowest BCUT2D eigenvalue weighted by molar-refractivity contribution is -0.114. The van der Waals surface area contributed by atoms with Crippen molar-refractivity contribution < 1.29 is 19.1 Å². The van der Waals surface area contributed by atoms with Crippen LogP contribution in [0.4, 0.5) is 17.1 Å². The summed E-state index contributed by atoms with van der Waals surface area (Å²) < 4.78 is 10.4. The minimum Gasteiger partial charge on any atom is -0.497 e. The van der Waals surface area contributed by atoms with E-state index in [-0.39, 0.29) is 18.4 Å². The zero-order valence-corrected chi connectivity index (χ0v) is 17.7. The summed E-state index contributed by atoms with van der Waals surface area (Å²) in [5.74, 6) is 0.750. The molecule has 3 aromatic carbocycles. The predicted molar refractivity (Wildman–Crippen MR) is 122 cm³/mol. The van der Waals surface area contributed by atoms with Crippen LogP contribution in [0.3, 0.4) is 0 Å². The van der Waals surface area contributed by atoms with Crippen molar-refractivity contribution in [1.29, 1.82) is 0 Å². The van der Waals surface area contributed by atoms with Crippen molar-refractivity contribution in [3.63, 3.8) is 0 Å². The van der Waals surface area contributed by atoms with E-state index in [2.05, 4.69) is 16.0 Å². The Morgan fingerprint density at radius 3 is 2.10 bits per heavy atom. The Balaban J connectivity index is 1.63. The molecule has 7 nitrogen and oxygen atoms in total. The van der Waals surface area contributed by atoms with Gasteiger partial charge in [0.05, 0.1) is 20.8 Å². The van der Waals surface area contributed by atoms with Crippen molar-refractivity contribution in [2.75, 3.05) is 36.7 Å². The van der Waals surface area contributed by atoms with Crippen LogP contribution in [0.1, 0.15) is 15.9 Å². The van der Waals surface area contributed by atoms with Crippen molar-refractivity contribution >= 4 is 28.9 Å². The minimum absolute atomic E-state index is 0.0520. The number of ether oxygens (including phenoxy) is 2. The Morgan fingerprint density at radius 2 is 1.45 bits per heavy atom. The summed E-state index contributed by atoms with van der Waals surface area (Å²) in [6, 6.07) is 19.7. The summed E-state index contributed by atoms with van der Waals surface area (Å²) in [6.07, 6.45) is 0. The smallest absolute Gasteiger partial charge is 0.255 e. The van der Waals surface area contributed by atoms with Crippen LogP contribution in [0, 0.1) is 6.92 Å². The summed E-state index contributed by atoms with van der Waals surface area (Å²) in [5.41, 5.74) is 3.42. The van der Waals surface area contributed by atoms with E-state index in [1.54, 1.807) is 44.6 Å². The third-order valence-electron chi connectivity index (χ3n) is 4.69. The molecule has 3 aromatic rings. The first-order chi connectivity index (χ1) is 15.0. The molecule has 0 radical (unpaired) electrons. The summed E-state index contributed by atoms with van der Waals surface area (Å²) in [4.78, 5) is 24.9. The van der Waals surface area contributed by atoms with Gasteiger partial charge in [-0.15, -0.1) is 0 Å². The van der Waals surface area contributed by atoms with Crippen LogP contribution in [0.15, 0.2) is 66.7 Å². The van der Waals surface area contributed by atoms with Gasteiger partial charge in [-0.05, 0) is 36.8 Å². The van der Waals surface area contributed by atoms with E-state index < -0.39 is 0 Å². The molecule has 0 fully saturated rings. The van der Waals surface area contributed by atoms with E-state index in [4.69, 9.17) is 9.47 Å². The highest BCUT2D eigenvalue weighted by atomic mass is 16.5. The third-order valence-corrected chi connectivity index (χ3v) is 4.69. The fraction of sp³-hybridized carbons (Fsp3) is 0.167. The van der Waals surface area contributed by atoms with E-state index in [1.807, 2.05) is 43.3 Å². The molecule has 0 saturated heterocycles. The van der Waals surface area contributed by atoms with Crippen LogP contribution in [-0.2, 0) is 4.79 Å². The normalized spacial score (nSPS) is 10.2. The second kappa shape index (κ2) is 10.2. The van der Waals surface area contributed by atoms with Crippen LogP contribution >= 0.6 is 0 Å². The van der Waals surface area contributed by atoms with Crippen LogP contribution in [0.2, 0.25) is 0 Å². The van der Waals surface area contributed by atoms with Crippen molar-refractivity contribution in [3.8, 4) is 11.5 Å². The van der Waals surface area contributed by atoms with Crippen LogP contribution in [-0.4, -0.2) is 32.6 Å². The number of amides is 2. The monoisotopic (exact) mass is 419 g/mol. The topological polar surface area (TPSA) is 88.7 Å². The maximum absolute atomic E-state index is 12.4. The van der Waals surface area contributed by atoms with Crippen LogP contribution < -0.4 is 25.4 Å². The number of nitrogens with one attached hydrogen (secondary N) is 3. The van der Waals surface area contributed by atoms with Crippen molar-refractivity contribution in [1.82, 2.24) is 0 Å². The first kappa shape index (κ1) is 21.7. The Kier molecular flexibility index (Phi) is 7.11. The number of rotatable bonds is 8. The summed E-state index contributed by atoms with van der Waals surface area (Å²) in [6.45, 7) is 1.93. The molecule has 2 amide bonds. The first-order valence-corrected chi connectivity index (χ1v) is 9.73. The van der Waals surface area contributed by atoms with Crippen molar-refractivity contribution in [3.05, 3.63) is 77.9 Å². The summed E-state index contributed by atoms with van der Waals surface area (Å²) in [7, 11) is 3.10. The van der Waals surface area contributed by atoms with Gasteiger partial charge in [-0.1, -0.05) is 24.3 Å². The number of carbonyl (C=O) groups is 2. The molecule has 0 unspecified atom stereocenters. The van der Waals surface area contributed by atoms with Gasteiger partial charge in [0.15, 0.2) is 0 Å². The lowest BCUT2D eigenvalue weighted by Crippen LogP contribution is -2.22. The molecule has 0 heterocycles. The molecule has 0 spiro atoms. The Hall–Kier alpha value is -4.00. The average Bonchev–Trinajstić information content (AvgIpc) is 2.79. The zero-order chi connectivity index (χ0) is 22.2. The van der Waals surface area contributed by atoms with E-state index in [0.29, 0.717) is 28.4 Å². The van der Waals surface area contributed by atoms with E-state index in [9.17, 15) is 9.59 Å². The molecular weight excluding hydrogens is 394 g/mol. The highest BCUT2D eigenvalue weighted by Gasteiger charge is 2.11. The second-order valence-electron chi connectivity index (χ2n) is 6.80. The molecule has 0 aliphatic heterocycles. The summed E-state index contributed by atoms with van der Waals surface area (Å²) in [5, 5.41) is 8.85. The molecule has 0 saturated carbocycles. The fourth-order valence-corrected chi connectivity index (χ4v) is 3.01. The lowest BCUT2D eigenvalue weighted by atomic mass is 10.1. The van der Waals surface area contributed by atoms with Gasteiger partial charge in [-0.25, -0.2) is 0 Å². The number of hydrogen-bond acceptors (Lipinski definition) is 5. The number of anilines is 3. The standard InChI is InChI=1S/C24H25N3O4/c1-16-21(10-7-11-22(16)27-24(29)17-8-5-4-6-9-17)25-15-23(28)26-18-12-19(30-2)14-20(13-18)31-3/h4-14,25H,15H2,1-3H3,(H,26,28)(H,27,29). The average molecular weight is 419 g/mol. The molecule has 0 bridgehead atoms. The highest BCUT2D eigenvalue weighted by Crippen LogP contribution is 2.26. The minimum atomic E-state index is -0.228. The Bertz CT molecular complexity index is 1050. The highest BCUT2D eigenvalue weighted by molar-refractivity contribution is 6.05. The largest absolute Gasteiger partial charge is 0.497 e. The second-order valence-corrected chi connectivity index (χ2v) is 6.80. The molecule has 31 heavy (non-hydrogen) atoms. The molecule has 7 heteroatoms. The number of methoxy groups -OCH3 is 2. The molecule has 160 valence electrons. The Morgan fingerprint density at radius 1 is 0.806 bits per heavy atom. The number of hydrogen-bond donors (Lipinski definition) is 3. The third kappa shape index (κ3) is 5.76. The fourth-order valence-electron chi connectivity index (χ4n) is 3.01. The molecule has 3 rings (SSSR count). The first-order valence-electron chi connectivity index (χ1n) is 9.73. The van der Waals surface area contributed by atoms with Gasteiger partial charge >= 0.3 is 0 Å². The number of carbonyl (C=O) groups excluding carboxylic acids is 2. The van der Waals surface area contributed by atoms with Crippen LogP contribution in [0.25, 0.3) is 0 Å². The molecule has 3 N–H and O–H groups in total. The van der Waals surface area contributed by atoms with Crippen LogP contribution in [0.5, 0.6) is 11.5 Å². The van der Waals surface area contributed by atoms with E-state index >= 15 is 0 Å². The predicted octanol–water partition coefficient (Wildman–Crippen LogP) is 4.32. The van der Waals surface area contributed by atoms with E-state index in [1.165, 1.54) is 0 Å². The maximum Gasteiger partial charge on any atom is 0.255 e. The van der Waals surface area contributed by atoms with Gasteiger partial charge in [0.1, 0.15) is 11.5 Å². The SMILES string of the molecule is COc1cc(NC(=O)CNc2cccc(NC(=O)c3ccccc3)c2C)cc(OC)c1. The Labute approximate surface area is 181 Å². The molecule has 0 atom stereocenters. The molecule has 0 aliphatic rings. The van der Waals surface area contributed by atoms with Gasteiger partial charge in [-0.3, -0.25) is 9.59 Å². The van der Waals surface area contributed by atoms with E-state index in [0.717, 1.165) is 11.3 Å². The lowest BCUT2D eigenvalue weighted by Gasteiger charge is -2.15. The molecule has 0 aliphatic carbocycles. The summed E-state index contributed by atoms with van der Waals surface area (Å²) >= 11 is 0.